The van der Waals surface area contributed by atoms with Gasteiger partial charge in [-0.25, -0.2) is 0 Å². The molecule has 1 aromatic carbocycles. The molecule has 0 spiro atoms. The summed E-state index contributed by atoms with van der Waals surface area (Å²) in [6.07, 6.45) is 0. The van der Waals surface area contributed by atoms with E-state index in [0.717, 1.165) is 0 Å². The number of aliphatic hydroxyl groups is 1. The largest absolute Gasteiger partial charge is 0.507 e. The first-order valence-electron chi connectivity index (χ1n) is 4.87. The van der Waals surface area contributed by atoms with Crippen molar-refractivity contribution in [3.63, 3.8) is 0 Å². The molecule has 0 aliphatic carbocycles. The average molecular weight is 225 g/mol. The topological polar surface area (TPSA) is 78.8 Å². The number of hydrogen-bond acceptors (Lipinski definition) is 4. The number of aromatic hydroxyl groups is 1. The smallest absolute Gasteiger partial charge is 0.255 e. The van der Waals surface area contributed by atoms with E-state index in [1.165, 1.54) is 19.2 Å². The number of carbonyl (C=O) groups is 1. The first-order valence-corrected chi connectivity index (χ1v) is 4.87. The van der Waals surface area contributed by atoms with Crippen molar-refractivity contribution in [2.45, 2.75) is 13.0 Å². The van der Waals surface area contributed by atoms with E-state index in [9.17, 15) is 9.90 Å². The highest BCUT2D eigenvalue weighted by Crippen LogP contribution is 2.22. The Labute approximate surface area is 93.7 Å². The number of amides is 1. The van der Waals surface area contributed by atoms with Crippen LogP contribution in [0.25, 0.3) is 0 Å². The SMILES string of the molecule is COc1ccc(O)c(C(=O)N[C@@H](C)CO)c1. The van der Waals surface area contributed by atoms with Crippen molar-refractivity contribution in [3.8, 4) is 11.5 Å². The number of phenolic OH excluding ortho intramolecular Hbond substituents is 1. The highest BCUT2D eigenvalue weighted by molar-refractivity contribution is 5.97. The van der Waals surface area contributed by atoms with Gasteiger partial charge in [0, 0.05) is 6.04 Å². The summed E-state index contributed by atoms with van der Waals surface area (Å²) in [4.78, 5) is 11.7. The Morgan fingerprint density at radius 1 is 1.56 bits per heavy atom. The van der Waals surface area contributed by atoms with Crippen LogP contribution in [0, 0.1) is 0 Å². The van der Waals surface area contributed by atoms with Gasteiger partial charge in [-0.3, -0.25) is 4.79 Å². The molecule has 0 heterocycles. The van der Waals surface area contributed by atoms with Gasteiger partial charge in [-0.2, -0.15) is 0 Å². The zero-order chi connectivity index (χ0) is 12.1. The number of aliphatic hydroxyl groups excluding tert-OH is 1. The second kappa shape index (κ2) is 5.37. The van der Waals surface area contributed by atoms with Gasteiger partial charge in [0.05, 0.1) is 19.3 Å². The van der Waals surface area contributed by atoms with Crippen LogP contribution >= 0.6 is 0 Å². The molecule has 1 rings (SSSR count). The standard InChI is InChI=1S/C11H15NO4/c1-7(6-13)12-11(15)9-5-8(16-2)3-4-10(9)14/h3-5,7,13-14H,6H2,1-2H3,(H,12,15)/t7-/m0/s1. The monoisotopic (exact) mass is 225 g/mol. The predicted molar refractivity (Wildman–Crippen MR) is 58.7 cm³/mol. The van der Waals surface area contributed by atoms with Gasteiger partial charge in [0.2, 0.25) is 0 Å². The molecular weight excluding hydrogens is 210 g/mol. The third-order valence-electron chi connectivity index (χ3n) is 2.10. The Kier molecular flexibility index (Phi) is 4.13. The van der Waals surface area contributed by atoms with E-state index >= 15 is 0 Å². The Balaban J connectivity index is 2.89. The normalized spacial score (nSPS) is 11.9. The van der Waals surface area contributed by atoms with Crippen molar-refractivity contribution in [1.82, 2.24) is 5.32 Å². The molecule has 0 saturated heterocycles. The van der Waals surface area contributed by atoms with Crippen molar-refractivity contribution < 1.29 is 19.7 Å². The fourth-order valence-electron chi connectivity index (χ4n) is 1.17. The summed E-state index contributed by atoms with van der Waals surface area (Å²) in [7, 11) is 1.48. The summed E-state index contributed by atoms with van der Waals surface area (Å²) in [6, 6.07) is 4.02. The van der Waals surface area contributed by atoms with Gasteiger partial charge < -0.3 is 20.3 Å². The molecule has 0 aromatic heterocycles. The van der Waals surface area contributed by atoms with Crippen molar-refractivity contribution in [2.75, 3.05) is 13.7 Å². The number of nitrogens with one attached hydrogen (secondary N) is 1. The van der Waals surface area contributed by atoms with E-state index in [2.05, 4.69) is 5.32 Å². The number of benzene rings is 1. The maximum Gasteiger partial charge on any atom is 0.255 e. The molecule has 0 bridgehead atoms. The number of hydrogen-bond donors (Lipinski definition) is 3. The third-order valence-corrected chi connectivity index (χ3v) is 2.10. The van der Waals surface area contributed by atoms with E-state index in [4.69, 9.17) is 9.84 Å². The van der Waals surface area contributed by atoms with Gasteiger partial charge in [-0.05, 0) is 25.1 Å². The molecule has 88 valence electrons. The van der Waals surface area contributed by atoms with E-state index in [1.54, 1.807) is 13.0 Å². The maximum atomic E-state index is 11.7. The fourth-order valence-corrected chi connectivity index (χ4v) is 1.17. The van der Waals surface area contributed by atoms with Crippen molar-refractivity contribution >= 4 is 5.91 Å². The van der Waals surface area contributed by atoms with Gasteiger partial charge in [0.15, 0.2) is 0 Å². The molecule has 5 heteroatoms. The minimum atomic E-state index is -0.446. The van der Waals surface area contributed by atoms with Crippen LogP contribution in [0.2, 0.25) is 0 Å². The molecule has 0 saturated carbocycles. The molecule has 1 aromatic rings. The Hall–Kier alpha value is -1.75. The average Bonchev–Trinajstić information content (AvgIpc) is 2.29. The van der Waals surface area contributed by atoms with E-state index < -0.39 is 5.91 Å². The van der Waals surface area contributed by atoms with Gasteiger partial charge in [0.25, 0.3) is 5.91 Å². The van der Waals surface area contributed by atoms with Gasteiger partial charge in [-0.15, -0.1) is 0 Å². The van der Waals surface area contributed by atoms with Crippen molar-refractivity contribution in [2.24, 2.45) is 0 Å². The highest BCUT2D eigenvalue weighted by Gasteiger charge is 2.14. The number of carbonyl (C=O) groups excluding carboxylic acids is 1. The molecule has 0 aliphatic heterocycles. The zero-order valence-corrected chi connectivity index (χ0v) is 9.23. The lowest BCUT2D eigenvalue weighted by Crippen LogP contribution is -2.35. The third kappa shape index (κ3) is 2.87. The minimum Gasteiger partial charge on any atom is -0.507 e. The first-order chi connectivity index (χ1) is 7.58. The van der Waals surface area contributed by atoms with Crippen LogP contribution in [-0.2, 0) is 0 Å². The summed E-state index contributed by atoms with van der Waals surface area (Å²) < 4.78 is 4.95. The zero-order valence-electron chi connectivity index (χ0n) is 9.23. The lowest BCUT2D eigenvalue weighted by atomic mass is 10.1. The van der Waals surface area contributed by atoms with E-state index in [0.29, 0.717) is 5.75 Å². The second-order valence-electron chi connectivity index (χ2n) is 3.44. The molecule has 0 fully saturated rings. The number of methoxy groups -OCH3 is 1. The highest BCUT2D eigenvalue weighted by atomic mass is 16.5. The Bertz CT molecular complexity index is 378. The molecule has 0 aliphatic rings. The van der Waals surface area contributed by atoms with Crippen molar-refractivity contribution in [3.05, 3.63) is 23.8 Å². The Morgan fingerprint density at radius 2 is 2.25 bits per heavy atom. The van der Waals surface area contributed by atoms with Crippen LogP contribution in [0.15, 0.2) is 18.2 Å². The molecule has 0 radical (unpaired) electrons. The predicted octanol–water partition coefficient (Wildman–Crippen LogP) is 0.511. The fraction of sp³-hybridized carbons (Fsp3) is 0.364. The molecule has 1 amide bonds. The van der Waals surface area contributed by atoms with Crippen LogP contribution in [0.5, 0.6) is 11.5 Å². The van der Waals surface area contributed by atoms with Gasteiger partial charge in [0.1, 0.15) is 11.5 Å². The lowest BCUT2D eigenvalue weighted by Gasteiger charge is -2.12. The van der Waals surface area contributed by atoms with Crippen LogP contribution in [-0.4, -0.2) is 35.9 Å². The summed E-state index contributed by atoms with van der Waals surface area (Å²) >= 11 is 0. The molecule has 1 atom stereocenters. The number of ether oxygens (including phenoxy) is 1. The molecule has 16 heavy (non-hydrogen) atoms. The van der Waals surface area contributed by atoms with Crippen LogP contribution in [0.4, 0.5) is 0 Å². The second-order valence-corrected chi connectivity index (χ2v) is 3.44. The summed E-state index contributed by atoms with van der Waals surface area (Å²) in [6.45, 7) is 1.51. The lowest BCUT2D eigenvalue weighted by molar-refractivity contribution is 0.0919. The van der Waals surface area contributed by atoms with Crippen LogP contribution in [0.1, 0.15) is 17.3 Å². The van der Waals surface area contributed by atoms with Gasteiger partial charge in [-0.1, -0.05) is 0 Å². The summed E-state index contributed by atoms with van der Waals surface area (Å²) in [5.41, 5.74) is 0.125. The molecule has 0 unspecified atom stereocenters. The summed E-state index contributed by atoms with van der Waals surface area (Å²) in [5.74, 6) is -0.0824. The molecular formula is C11H15NO4. The number of rotatable bonds is 4. The molecule has 3 N–H and O–H groups in total. The van der Waals surface area contributed by atoms with Gasteiger partial charge >= 0.3 is 0 Å². The molecule has 5 nitrogen and oxygen atoms in total. The quantitative estimate of drug-likeness (QED) is 0.697. The van der Waals surface area contributed by atoms with Crippen LogP contribution in [0.3, 0.4) is 0 Å². The number of phenols is 1. The van der Waals surface area contributed by atoms with Crippen LogP contribution < -0.4 is 10.1 Å². The maximum absolute atomic E-state index is 11.7. The minimum absolute atomic E-state index is 0.122. The Morgan fingerprint density at radius 3 is 2.81 bits per heavy atom. The van der Waals surface area contributed by atoms with E-state index in [1.807, 2.05) is 0 Å². The van der Waals surface area contributed by atoms with Crippen molar-refractivity contribution in [1.29, 1.82) is 0 Å². The first kappa shape index (κ1) is 12.3. The van der Waals surface area contributed by atoms with E-state index in [-0.39, 0.29) is 24.0 Å². The summed E-state index contributed by atoms with van der Waals surface area (Å²) in [5, 5.41) is 20.8.